The van der Waals surface area contributed by atoms with Crippen LogP contribution in [-0.4, -0.2) is 29.2 Å². The second-order valence-corrected chi connectivity index (χ2v) is 6.47. The van der Waals surface area contributed by atoms with E-state index in [-0.39, 0.29) is 0 Å². The second kappa shape index (κ2) is 6.77. The van der Waals surface area contributed by atoms with E-state index in [1.165, 1.54) is 44.9 Å². The number of amides is 1. The van der Waals surface area contributed by atoms with Crippen molar-refractivity contribution in [1.29, 1.82) is 0 Å². The van der Waals surface area contributed by atoms with Crippen molar-refractivity contribution in [3.05, 3.63) is 0 Å². The van der Waals surface area contributed by atoms with Crippen LogP contribution in [0.2, 0.25) is 0 Å². The predicted octanol–water partition coefficient (Wildman–Crippen LogP) is 3.59. The number of piperidine rings is 1. The number of halogens is 1. The van der Waals surface area contributed by atoms with Gasteiger partial charge in [0.2, 0.25) is 5.91 Å². The summed E-state index contributed by atoms with van der Waals surface area (Å²) in [6, 6.07) is 0. The number of carbonyl (C=O) groups is 1. The second-order valence-electron chi connectivity index (χ2n) is 5.68. The summed E-state index contributed by atoms with van der Waals surface area (Å²) in [5.41, 5.74) is 0. The predicted molar refractivity (Wildman–Crippen MR) is 74.3 cm³/mol. The molecule has 0 N–H and O–H groups in total. The molecule has 2 fully saturated rings. The Bertz CT molecular complexity index is 249. The smallest absolute Gasteiger partial charge is 0.222 e. The SMILES string of the molecule is O=C(CC1CCCC1)N1CCCC(CCBr)C1. The number of likely N-dealkylation sites (tertiary alicyclic amines) is 1. The van der Waals surface area contributed by atoms with Crippen LogP contribution >= 0.6 is 15.9 Å². The van der Waals surface area contributed by atoms with Gasteiger partial charge in [-0.15, -0.1) is 0 Å². The van der Waals surface area contributed by atoms with Crippen molar-refractivity contribution in [2.24, 2.45) is 11.8 Å². The van der Waals surface area contributed by atoms with Gasteiger partial charge in [0.15, 0.2) is 0 Å². The van der Waals surface area contributed by atoms with Crippen LogP contribution in [0.25, 0.3) is 0 Å². The minimum atomic E-state index is 0.427. The lowest BCUT2D eigenvalue weighted by atomic mass is 9.94. The van der Waals surface area contributed by atoms with E-state index in [1.807, 2.05) is 0 Å². The number of hydrogen-bond donors (Lipinski definition) is 0. The van der Waals surface area contributed by atoms with E-state index in [0.717, 1.165) is 30.8 Å². The first-order valence-corrected chi connectivity index (χ1v) is 8.25. The molecule has 1 amide bonds. The fourth-order valence-electron chi connectivity index (χ4n) is 3.27. The lowest BCUT2D eigenvalue weighted by molar-refractivity contribution is -0.134. The van der Waals surface area contributed by atoms with Gasteiger partial charge < -0.3 is 4.90 Å². The molecule has 1 aliphatic carbocycles. The van der Waals surface area contributed by atoms with Crippen molar-refractivity contribution in [2.45, 2.75) is 51.4 Å². The van der Waals surface area contributed by atoms with Gasteiger partial charge in [-0.3, -0.25) is 4.79 Å². The summed E-state index contributed by atoms with van der Waals surface area (Å²) in [5, 5.41) is 1.07. The highest BCUT2D eigenvalue weighted by atomic mass is 79.9. The number of nitrogens with zero attached hydrogens (tertiary/aromatic N) is 1. The molecule has 3 heteroatoms. The van der Waals surface area contributed by atoms with Crippen LogP contribution < -0.4 is 0 Å². The maximum atomic E-state index is 12.2. The Kier molecular flexibility index (Phi) is 5.33. The summed E-state index contributed by atoms with van der Waals surface area (Å²) in [4.78, 5) is 14.4. The van der Waals surface area contributed by atoms with Gasteiger partial charge in [0.1, 0.15) is 0 Å². The third-order valence-corrected chi connectivity index (χ3v) is 4.78. The molecule has 2 nitrogen and oxygen atoms in total. The molecule has 0 radical (unpaired) electrons. The Balaban J connectivity index is 1.77. The molecule has 2 rings (SSSR count). The highest BCUT2D eigenvalue weighted by Gasteiger charge is 2.26. The number of carbonyl (C=O) groups excluding carboxylic acids is 1. The summed E-state index contributed by atoms with van der Waals surface area (Å²) in [6.07, 6.45) is 9.78. The van der Waals surface area contributed by atoms with E-state index in [2.05, 4.69) is 20.8 Å². The molecule has 1 heterocycles. The van der Waals surface area contributed by atoms with Gasteiger partial charge in [0, 0.05) is 24.8 Å². The Labute approximate surface area is 113 Å². The topological polar surface area (TPSA) is 20.3 Å². The molecular weight excluding hydrogens is 278 g/mol. The lowest BCUT2D eigenvalue weighted by Gasteiger charge is -2.33. The third-order valence-electron chi connectivity index (χ3n) is 4.33. The van der Waals surface area contributed by atoms with Gasteiger partial charge >= 0.3 is 0 Å². The first-order chi connectivity index (χ1) is 8.29. The average molecular weight is 302 g/mol. The van der Waals surface area contributed by atoms with Gasteiger partial charge in [-0.25, -0.2) is 0 Å². The van der Waals surface area contributed by atoms with Crippen molar-refractivity contribution >= 4 is 21.8 Å². The van der Waals surface area contributed by atoms with Crippen molar-refractivity contribution in [3.8, 4) is 0 Å². The molecule has 98 valence electrons. The van der Waals surface area contributed by atoms with Crippen molar-refractivity contribution in [1.82, 2.24) is 4.90 Å². The first kappa shape index (κ1) is 13.4. The zero-order valence-electron chi connectivity index (χ0n) is 10.7. The van der Waals surface area contributed by atoms with E-state index in [1.54, 1.807) is 0 Å². The zero-order valence-corrected chi connectivity index (χ0v) is 12.3. The molecule has 0 bridgehead atoms. The van der Waals surface area contributed by atoms with Crippen LogP contribution in [0.15, 0.2) is 0 Å². The molecule has 1 atom stereocenters. The van der Waals surface area contributed by atoms with Crippen LogP contribution in [0.5, 0.6) is 0 Å². The van der Waals surface area contributed by atoms with Crippen LogP contribution in [0.4, 0.5) is 0 Å². The number of alkyl halides is 1. The van der Waals surface area contributed by atoms with Gasteiger partial charge in [-0.05, 0) is 43.9 Å². The summed E-state index contributed by atoms with van der Waals surface area (Å²) < 4.78 is 0. The van der Waals surface area contributed by atoms with Crippen LogP contribution in [-0.2, 0) is 4.79 Å². The van der Waals surface area contributed by atoms with Crippen molar-refractivity contribution in [3.63, 3.8) is 0 Å². The van der Waals surface area contributed by atoms with Crippen molar-refractivity contribution in [2.75, 3.05) is 18.4 Å². The molecule has 0 spiro atoms. The number of hydrogen-bond acceptors (Lipinski definition) is 1. The molecular formula is C14H24BrNO. The molecule has 1 unspecified atom stereocenters. The van der Waals surface area contributed by atoms with Crippen molar-refractivity contribution < 1.29 is 4.79 Å². The fraction of sp³-hybridized carbons (Fsp3) is 0.929. The Morgan fingerprint density at radius 2 is 1.82 bits per heavy atom. The molecule has 1 saturated carbocycles. The van der Waals surface area contributed by atoms with Gasteiger partial charge in [0.25, 0.3) is 0 Å². The zero-order chi connectivity index (χ0) is 12.1. The third kappa shape index (κ3) is 3.97. The van der Waals surface area contributed by atoms with E-state index >= 15 is 0 Å². The lowest BCUT2D eigenvalue weighted by Crippen LogP contribution is -2.40. The average Bonchev–Trinajstić information content (AvgIpc) is 2.83. The largest absolute Gasteiger partial charge is 0.342 e. The van der Waals surface area contributed by atoms with E-state index in [9.17, 15) is 4.79 Å². The first-order valence-electron chi connectivity index (χ1n) is 7.13. The molecule has 1 saturated heterocycles. The summed E-state index contributed by atoms with van der Waals surface area (Å²) in [5.74, 6) is 1.85. The van der Waals surface area contributed by atoms with Crippen LogP contribution in [0, 0.1) is 11.8 Å². The minimum absolute atomic E-state index is 0.427. The maximum Gasteiger partial charge on any atom is 0.222 e. The monoisotopic (exact) mass is 301 g/mol. The summed E-state index contributed by atoms with van der Waals surface area (Å²) >= 11 is 3.51. The molecule has 2 aliphatic rings. The van der Waals surface area contributed by atoms with Crippen LogP contribution in [0.1, 0.15) is 51.4 Å². The fourth-order valence-corrected chi connectivity index (χ4v) is 3.92. The molecule has 17 heavy (non-hydrogen) atoms. The highest BCUT2D eigenvalue weighted by Crippen LogP contribution is 2.29. The normalized spacial score (nSPS) is 26.4. The maximum absolute atomic E-state index is 12.2. The van der Waals surface area contributed by atoms with Gasteiger partial charge in [0.05, 0.1) is 0 Å². The minimum Gasteiger partial charge on any atom is -0.342 e. The summed E-state index contributed by atoms with van der Waals surface area (Å²) in [6.45, 7) is 2.02. The summed E-state index contributed by atoms with van der Waals surface area (Å²) in [7, 11) is 0. The van der Waals surface area contributed by atoms with Gasteiger partial charge in [-0.2, -0.15) is 0 Å². The standard InChI is InChI=1S/C14H24BrNO/c15-8-7-13-6-3-9-16(11-13)14(17)10-12-4-1-2-5-12/h12-13H,1-11H2. The Morgan fingerprint density at radius 3 is 2.53 bits per heavy atom. The quantitative estimate of drug-likeness (QED) is 0.727. The van der Waals surface area contributed by atoms with E-state index < -0.39 is 0 Å². The van der Waals surface area contributed by atoms with E-state index in [4.69, 9.17) is 0 Å². The van der Waals surface area contributed by atoms with Crippen LogP contribution in [0.3, 0.4) is 0 Å². The molecule has 0 aromatic heterocycles. The highest BCUT2D eigenvalue weighted by molar-refractivity contribution is 9.09. The van der Waals surface area contributed by atoms with Gasteiger partial charge in [-0.1, -0.05) is 28.8 Å². The molecule has 0 aromatic carbocycles. The molecule has 1 aliphatic heterocycles. The Morgan fingerprint density at radius 1 is 1.12 bits per heavy atom. The van der Waals surface area contributed by atoms with E-state index in [0.29, 0.717) is 11.8 Å². The Hall–Kier alpha value is -0.0500. The number of rotatable bonds is 4. The molecule has 0 aromatic rings.